The van der Waals surface area contributed by atoms with Crippen LogP contribution in [0.5, 0.6) is 0 Å². The van der Waals surface area contributed by atoms with E-state index in [9.17, 15) is 9.59 Å². The van der Waals surface area contributed by atoms with Crippen molar-refractivity contribution in [2.45, 2.75) is 6.04 Å². The minimum absolute atomic E-state index is 0.183. The van der Waals surface area contributed by atoms with Crippen LogP contribution < -0.4 is 10.6 Å². The molecule has 0 atom stereocenters. The molecule has 0 bridgehead atoms. The zero-order valence-corrected chi connectivity index (χ0v) is 11.1. The minimum atomic E-state index is -0.686. The predicted molar refractivity (Wildman–Crippen MR) is 78.4 cm³/mol. The van der Waals surface area contributed by atoms with Crippen LogP contribution in [-0.2, 0) is 9.59 Å². The minimum Gasteiger partial charge on any atom is -0.288 e. The molecule has 0 aromatic heterocycles. The highest BCUT2D eigenvalue weighted by molar-refractivity contribution is 6.45. The van der Waals surface area contributed by atoms with Gasteiger partial charge < -0.3 is 0 Å². The van der Waals surface area contributed by atoms with Gasteiger partial charge in [0.25, 0.3) is 0 Å². The van der Waals surface area contributed by atoms with Crippen LogP contribution in [0, 0.1) is 0 Å². The molecule has 5 heteroatoms. The lowest BCUT2D eigenvalue weighted by Crippen LogP contribution is -2.26. The van der Waals surface area contributed by atoms with Crippen LogP contribution in [0.3, 0.4) is 0 Å². The summed E-state index contributed by atoms with van der Waals surface area (Å²) in [5.74, 6) is -1.19. The molecule has 1 aliphatic heterocycles. The third-order valence-corrected chi connectivity index (χ3v) is 3.16. The Bertz CT molecular complexity index is 638. The Morgan fingerprint density at radius 2 is 1.14 bits per heavy atom. The van der Waals surface area contributed by atoms with Crippen molar-refractivity contribution < 1.29 is 9.59 Å². The molecule has 2 aromatic carbocycles. The molecule has 1 saturated heterocycles. The van der Waals surface area contributed by atoms with Crippen LogP contribution in [-0.4, -0.2) is 17.8 Å². The summed E-state index contributed by atoms with van der Waals surface area (Å²) in [5.41, 5.74) is 1.96. The number of carbonyl (C=O) groups excluding carboxylic acids is 2. The van der Waals surface area contributed by atoms with Crippen molar-refractivity contribution in [3.63, 3.8) is 0 Å². The molecule has 3 rings (SSSR count). The maximum Gasteiger partial charge on any atom is 0.316 e. The van der Waals surface area contributed by atoms with Crippen molar-refractivity contribution in [3.05, 3.63) is 71.8 Å². The van der Waals surface area contributed by atoms with Crippen LogP contribution in [0.4, 0.5) is 0 Å². The Morgan fingerprint density at radius 1 is 0.714 bits per heavy atom. The molecule has 0 aliphatic carbocycles. The van der Waals surface area contributed by atoms with Gasteiger partial charge in [-0.15, -0.1) is 0 Å². The second-order valence-electron chi connectivity index (χ2n) is 4.61. The summed E-state index contributed by atoms with van der Waals surface area (Å²) in [7, 11) is 0. The molecule has 0 saturated carbocycles. The lowest BCUT2D eigenvalue weighted by Gasteiger charge is -2.14. The van der Waals surface area contributed by atoms with Crippen LogP contribution in [0.25, 0.3) is 0 Å². The first-order valence-corrected chi connectivity index (χ1v) is 6.54. The summed E-state index contributed by atoms with van der Waals surface area (Å²) in [6, 6.07) is 19.1. The molecular formula is C16H13N3O2. The van der Waals surface area contributed by atoms with Crippen molar-refractivity contribution in [2.24, 2.45) is 4.99 Å². The fourth-order valence-electron chi connectivity index (χ4n) is 2.17. The first-order chi connectivity index (χ1) is 10.2. The van der Waals surface area contributed by atoms with E-state index >= 15 is 0 Å². The Labute approximate surface area is 121 Å². The molecule has 1 fully saturated rings. The van der Waals surface area contributed by atoms with Gasteiger partial charge in [0.1, 0.15) is 6.04 Å². The molecule has 2 aromatic rings. The van der Waals surface area contributed by atoms with Gasteiger partial charge in [-0.1, -0.05) is 60.7 Å². The van der Waals surface area contributed by atoms with Crippen molar-refractivity contribution in [1.29, 1.82) is 0 Å². The number of benzene rings is 2. The number of carbonyl (C=O) groups is 2. The average Bonchev–Trinajstić information content (AvgIpc) is 2.85. The highest BCUT2D eigenvalue weighted by Gasteiger charge is 2.26. The Kier molecular flexibility index (Phi) is 3.47. The van der Waals surface area contributed by atoms with Crippen molar-refractivity contribution in [3.8, 4) is 0 Å². The molecule has 0 unspecified atom stereocenters. The first kappa shape index (κ1) is 13.1. The third kappa shape index (κ3) is 2.81. The fraction of sp³-hybridized carbons (Fsp3) is 0.0625. The molecule has 5 nitrogen and oxygen atoms in total. The largest absolute Gasteiger partial charge is 0.316 e. The molecule has 21 heavy (non-hydrogen) atoms. The van der Waals surface area contributed by atoms with Crippen LogP contribution >= 0.6 is 0 Å². The normalized spacial score (nSPS) is 14.0. The predicted octanol–water partition coefficient (Wildman–Crippen LogP) is 1.38. The summed E-state index contributed by atoms with van der Waals surface area (Å²) in [5, 5.41) is 4.85. The maximum atomic E-state index is 11.2. The number of aliphatic imine (C=N–C) groups is 1. The van der Waals surface area contributed by atoms with E-state index in [1.807, 2.05) is 60.7 Å². The highest BCUT2D eigenvalue weighted by atomic mass is 16.2. The molecule has 0 radical (unpaired) electrons. The van der Waals surface area contributed by atoms with E-state index < -0.39 is 11.8 Å². The third-order valence-electron chi connectivity index (χ3n) is 3.16. The number of nitrogens with one attached hydrogen (secondary N) is 2. The summed E-state index contributed by atoms with van der Waals surface area (Å²) in [6.07, 6.45) is 0. The van der Waals surface area contributed by atoms with E-state index in [0.29, 0.717) is 0 Å². The molecule has 1 heterocycles. The number of guanidine groups is 1. The van der Waals surface area contributed by atoms with E-state index in [0.717, 1.165) is 11.1 Å². The van der Waals surface area contributed by atoms with Crippen LogP contribution in [0.15, 0.2) is 65.7 Å². The van der Waals surface area contributed by atoms with Gasteiger partial charge >= 0.3 is 11.8 Å². The van der Waals surface area contributed by atoms with Gasteiger partial charge in [0.05, 0.1) is 0 Å². The SMILES string of the molecule is O=C1NC(=NC(c2ccccc2)c2ccccc2)NC1=O. The lowest BCUT2D eigenvalue weighted by molar-refractivity contribution is -0.135. The van der Waals surface area contributed by atoms with Gasteiger partial charge in [0, 0.05) is 0 Å². The Balaban J connectivity index is 2.00. The van der Waals surface area contributed by atoms with Gasteiger partial charge in [-0.2, -0.15) is 0 Å². The second kappa shape index (κ2) is 5.58. The molecule has 1 aliphatic rings. The summed E-state index contributed by atoms with van der Waals surface area (Å²) in [4.78, 5) is 26.9. The number of rotatable bonds is 3. The smallest absolute Gasteiger partial charge is 0.288 e. The van der Waals surface area contributed by atoms with E-state index in [1.165, 1.54) is 0 Å². The molecule has 104 valence electrons. The number of amides is 2. The zero-order valence-electron chi connectivity index (χ0n) is 11.1. The quantitative estimate of drug-likeness (QED) is 0.833. The van der Waals surface area contributed by atoms with Gasteiger partial charge in [0.2, 0.25) is 5.96 Å². The van der Waals surface area contributed by atoms with Gasteiger partial charge in [-0.05, 0) is 11.1 Å². The molecule has 2 N–H and O–H groups in total. The summed E-state index contributed by atoms with van der Waals surface area (Å²) in [6.45, 7) is 0. The first-order valence-electron chi connectivity index (χ1n) is 6.54. The number of nitrogens with zero attached hydrogens (tertiary/aromatic N) is 1. The molecule has 2 amide bonds. The average molecular weight is 279 g/mol. The zero-order chi connectivity index (χ0) is 14.7. The van der Waals surface area contributed by atoms with Gasteiger partial charge in [-0.3, -0.25) is 20.2 Å². The number of hydrogen-bond donors (Lipinski definition) is 2. The Hall–Kier alpha value is -2.95. The summed E-state index contributed by atoms with van der Waals surface area (Å²) >= 11 is 0. The number of hydrogen-bond acceptors (Lipinski definition) is 3. The van der Waals surface area contributed by atoms with E-state index in [4.69, 9.17) is 0 Å². The topological polar surface area (TPSA) is 70.6 Å². The van der Waals surface area contributed by atoms with Gasteiger partial charge in [-0.25, -0.2) is 4.99 Å². The van der Waals surface area contributed by atoms with E-state index in [1.54, 1.807) is 0 Å². The fourth-order valence-corrected chi connectivity index (χ4v) is 2.17. The van der Waals surface area contributed by atoms with E-state index in [-0.39, 0.29) is 12.0 Å². The second-order valence-corrected chi connectivity index (χ2v) is 4.61. The maximum absolute atomic E-state index is 11.2. The summed E-state index contributed by atoms with van der Waals surface area (Å²) < 4.78 is 0. The van der Waals surface area contributed by atoms with Crippen molar-refractivity contribution in [2.75, 3.05) is 0 Å². The lowest BCUT2D eigenvalue weighted by atomic mass is 9.99. The van der Waals surface area contributed by atoms with Gasteiger partial charge in [0.15, 0.2) is 0 Å². The Morgan fingerprint density at radius 3 is 1.57 bits per heavy atom. The standard InChI is InChI=1S/C16H13N3O2/c20-14-15(21)19-16(18-14)17-13(11-7-3-1-4-8-11)12-9-5-2-6-10-12/h1-10,13H,(H2,17,18,19,20,21). The van der Waals surface area contributed by atoms with Crippen LogP contribution in [0.1, 0.15) is 17.2 Å². The van der Waals surface area contributed by atoms with Crippen molar-refractivity contribution in [1.82, 2.24) is 10.6 Å². The van der Waals surface area contributed by atoms with Crippen LogP contribution in [0.2, 0.25) is 0 Å². The van der Waals surface area contributed by atoms with E-state index in [2.05, 4.69) is 15.6 Å². The molecular weight excluding hydrogens is 266 g/mol. The monoisotopic (exact) mass is 279 g/mol. The van der Waals surface area contributed by atoms with Crippen molar-refractivity contribution >= 4 is 17.8 Å². The molecule has 0 spiro atoms. The highest BCUT2D eigenvalue weighted by Crippen LogP contribution is 2.25.